The lowest BCUT2D eigenvalue weighted by molar-refractivity contribution is 0.576. The monoisotopic (exact) mass is 376 g/mol. The average Bonchev–Trinajstić information content (AvgIpc) is 2.74. The summed E-state index contributed by atoms with van der Waals surface area (Å²) in [5, 5.41) is 3.05. The second-order valence-electron chi connectivity index (χ2n) is 7.15. The summed E-state index contributed by atoms with van der Waals surface area (Å²) in [6.45, 7) is 4.52. The zero-order valence-electron chi connectivity index (χ0n) is 15.8. The number of rotatable bonds is 4. The summed E-state index contributed by atoms with van der Waals surface area (Å²) in [5.74, 6) is 0. The smallest absolute Gasteiger partial charge is 0.0650 e. The average molecular weight is 377 g/mol. The fraction of sp³-hybridized carbons (Fsp3) is 0.292. The van der Waals surface area contributed by atoms with E-state index in [0.717, 1.165) is 41.2 Å². The van der Waals surface area contributed by atoms with Gasteiger partial charge in [-0.15, -0.1) is 0 Å². The number of piperidine rings is 1. The topological polar surface area (TPSA) is 16.1 Å². The SMILES string of the molecule is CCc1cnc(C=Cc2ccc(Cl)c3ccccc23)cc1N1CCCCC1. The lowest BCUT2D eigenvalue weighted by Crippen LogP contribution is -2.30. The van der Waals surface area contributed by atoms with E-state index in [2.05, 4.69) is 59.3 Å². The van der Waals surface area contributed by atoms with Crippen LogP contribution in [0.1, 0.15) is 43.0 Å². The van der Waals surface area contributed by atoms with Gasteiger partial charge in [-0.25, -0.2) is 0 Å². The fourth-order valence-electron chi connectivity index (χ4n) is 3.89. The van der Waals surface area contributed by atoms with E-state index in [0.29, 0.717) is 0 Å². The van der Waals surface area contributed by atoms with Crippen LogP contribution in [0.2, 0.25) is 5.02 Å². The maximum Gasteiger partial charge on any atom is 0.0650 e. The second kappa shape index (κ2) is 8.14. The van der Waals surface area contributed by atoms with Gasteiger partial charge in [-0.05, 0) is 60.4 Å². The Balaban J connectivity index is 1.67. The highest BCUT2D eigenvalue weighted by atomic mass is 35.5. The van der Waals surface area contributed by atoms with E-state index >= 15 is 0 Å². The number of hydrogen-bond donors (Lipinski definition) is 0. The van der Waals surface area contributed by atoms with Gasteiger partial charge in [0.15, 0.2) is 0 Å². The van der Waals surface area contributed by atoms with E-state index in [1.54, 1.807) is 0 Å². The fourth-order valence-corrected chi connectivity index (χ4v) is 4.12. The highest BCUT2D eigenvalue weighted by Gasteiger charge is 2.14. The first-order chi connectivity index (χ1) is 13.3. The molecule has 0 N–H and O–H groups in total. The third-order valence-corrected chi connectivity index (χ3v) is 5.73. The molecule has 0 bridgehead atoms. The molecule has 1 aliphatic heterocycles. The Morgan fingerprint density at radius 2 is 1.78 bits per heavy atom. The predicted octanol–water partition coefficient (Wildman–Crippen LogP) is 6.61. The molecule has 0 radical (unpaired) electrons. The van der Waals surface area contributed by atoms with Crippen molar-refractivity contribution in [3.8, 4) is 0 Å². The van der Waals surface area contributed by atoms with Crippen LogP contribution in [0.5, 0.6) is 0 Å². The van der Waals surface area contributed by atoms with Crippen molar-refractivity contribution in [2.24, 2.45) is 0 Å². The van der Waals surface area contributed by atoms with Gasteiger partial charge in [-0.3, -0.25) is 4.98 Å². The van der Waals surface area contributed by atoms with E-state index in [-0.39, 0.29) is 0 Å². The number of halogens is 1. The molecular weight excluding hydrogens is 352 g/mol. The van der Waals surface area contributed by atoms with Crippen molar-refractivity contribution in [2.75, 3.05) is 18.0 Å². The van der Waals surface area contributed by atoms with Gasteiger partial charge in [-0.1, -0.05) is 54.9 Å². The first-order valence-electron chi connectivity index (χ1n) is 9.85. The largest absolute Gasteiger partial charge is 0.371 e. The van der Waals surface area contributed by atoms with Gasteiger partial charge in [0.2, 0.25) is 0 Å². The highest BCUT2D eigenvalue weighted by molar-refractivity contribution is 6.35. The molecule has 1 aromatic heterocycles. The van der Waals surface area contributed by atoms with E-state index in [1.165, 1.54) is 35.9 Å². The number of fused-ring (bicyclic) bond motifs is 1. The number of aryl methyl sites for hydroxylation is 1. The summed E-state index contributed by atoms with van der Waals surface area (Å²) in [5.41, 5.74) is 4.86. The number of hydrogen-bond acceptors (Lipinski definition) is 2. The molecule has 2 nitrogen and oxygen atoms in total. The van der Waals surface area contributed by atoms with E-state index in [4.69, 9.17) is 11.6 Å². The summed E-state index contributed by atoms with van der Waals surface area (Å²) in [6, 6.07) is 14.6. The number of benzene rings is 2. The second-order valence-corrected chi connectivity index (χ2v) is 7.56. The molecule has 0 amide bonds. The van der Waals surface area contributed by atoms with Gasteiger partial charge >= 0.3 is 0 Å². The van der Waals surface area contributed by atoms with Gasteiger partial charge in [0.05, 0.1) is 5.69 Å². The molecule has 0 spiro atoms. The molecule has 1 fully saturated rings. The standard InChI is InChI=1S/C24H25ClN2/c1-2-18-17-26-20(16-24(18)27-14-6-3-7-15-27)12-10-19-11-13-23(25)22-9-5-4-8-21(19)22/h4-5,8-13,16-17H,2-3,6-7,14-15H2,1H3. The van der Waals surface area contributed by atoms with E-state index in [9.17, 15) is 0 Å². The Labute approximate surface area is 166 Å². The molecule has 0 unspecified atom stereocenters. The van der Waals surface area contributed by atoms with Crippen molar-refractivity contribution in [2.45, 2.75) is 32.6 Å². The number of aromatic nitrogens is 1. The van der Waals surface area contributed by atoms with Crippen molar-refractivity contribution in [3.63, 3.8) is 0 Å². The van der Waals surface area contributed by atoms with Crippen molar-refractivity contribution in [1.82, 2.24) is 4.98 Å². The highest BCUT2D eigenvalue weighted by Crippen LogP contribution is 2.29. The molecule has 2 heterocycles. The quantitative estimate of drug-likeness (QED) is 0.509. The molecule has 1 saturated heterocycles. The van der Waals surface area contributed by atoms with Crippen LogP contribution >= 0.6 is 11.6 Å². The van der Waals surface area contributed by atoms with Crippen molar-refractivity contribution < 1.29 is 0 Å². The van der Waals surface area contributed by atoms with Crippen molar-refractivity contribution in [3.05, 3.63) is 70.5 Å². The molecule has 3 aromatic rings. The first-order valence-corrected chi connectivity index (χ1v) is 10.2. The molecule has 4 rings (SSSR count). The van der Waals surface area contributed by atoms with E-state index < -0.39 is 0 Å². The molecule has 0 atom stereocenters. The van der Waals surface area contributed by atoms with Crippen LogP contribution in [0.4, 0.5) is 5.69 Å². The van der Waals surface area contributed by atoms with Crippen LogP contribution in [-0.4, -0.2) is 18.1 Å². The van der Waals surface area contributed by atoms with Gasteiger partial charge in [0.1, 0.15) is 0 Å². The predicted molar refractivity (Wildman–Crippen MR) is 118 cm³/mol. The maximum absolute atomic E-state index is 6.34. The molecule has 138 valence electrons. The van der Waals surface area contributed by atoms with Gasteiger partial charge < -0.3 is 4.90 Å². The zero-order valence-corrected chi connectivity index (χ0v) is 16.5. The van der Waals surface area contributed by atoms with Gasteiger partial charge in [0.25, 0.3) is 0 Å². The van der Waals surface area contributed by atoms with Crippen LogP contribution in [0, 0.1) is 0 Å². The minimum Gasteiger partial charge on any atom is -0.371 e. The van der Waals surface area contributed by atoms with Crippen LogP contribution in [-0.2, 0) is 6.42 Å². The third kappa shape index (κ3) is 3.86. The van der Waals surface area contributed by atoms with Gasteiger partial charge in [-0.2, -0.15) is 0 Å². The number of nitrogens with zero attached hydrogens (tertiary/aromatic N) is 2. The Morgan fingerprint density at radius 3 is 2.56 bits per heavy atom. The number of pyridine rings is 1. The summed E-state index contributed by atoms with van der Waals surface area (Å²) < 4.78 is 0. The first kappa shape index (κ1) is 18.1. The summed E-state index contributed by atoms with van der Waals surface area (Å²) in [4.78, 5) is 7.20. The van der Waals surface area contributed by atoms with Crippen molar-refractivity contribution >= 4 is 40.2 Å². The van der Waals surface area contributed by atoms with Crippen LogP contribution < -0.4 is 4.90 Å². The Kier molecular flexibility index (Phi) is 5.45. The maximum atomic E-state index is 6.34. The third-order valence-electron chi connectivity index (χ3n) is 5.40. The molecule has 2 aromatic carbocycles. The molecule has 3 heteroatoms. The Bertz CT molecular complexity index is 971. The normalized spacial score (nSPS) is 15.0. The van der Waals surface area contributed by atoms with Crippen LogP contribution in [0.15, 0.2) is 48.7 Å². The lowest BCUT2D eigenvalue weighted by Gasteiger charge is -2.30. The Morgan fingerprint density at radius 1 is 1.00 bits per heavy atom. The Hall–Kier alpha value is -2.32. The van der Waals surface area contributed by atoms with Crippen LogP contribution in [0.25, 0.3) is 22.9 Å². The summed E-state index contributed by atoms with van der Waals surface area (Å²) in [6.07, 6.45) is 11.2. The summed E-state index contributed by atoms with van der Waals surface area (Å²) in [7, 11) is 0. The minimum atomic E-state index is 0.792. The lowest BCUT2D eigenvalue weighted by atomic mass is 10.0. The van der Waals surface area contributed by atoms with Crippen LogP contribution in [0.3, 0.4) is 0 Å². The molecule has 27 heavy (non-hydrogen) atoms. The van der Waals surface area contributed by atoms with Gasteiger partial charge in [0, 0.05) is 35.4 Å². The minimum absolute atomic E-state index is 0.792. The molecular formula is C24H25ClN2. The van der Waals surface area contributed by atoms with Crippen molar-refractivity contribution in [1.29, 1.82) is 0 Å². The number of anilines is 1. The molecule has 0 saturated carbocycles. The van der Waals surface area contributed by atoms with E-state index in [1.807, 2.05) is 18.3 Å². The molecule has 1 aliphatic rings. The zero-order chi connectivity index (χ0) is 18.6. The molecule has 0 aliphatic carbocycles. The summed E-state index contributed by atoms with van der Waals surface area (Å²) >= 11 is 6.34.